The maximum atomic E-state index is 12.3. The summed E-state index contributed by atoms with van der Waals surface area (Å²) in [5.41, 5.74) is 2.47. The summed E-state index contributed by atoms with van der Waals surface area (Å²) < 4.78 is 7.28. The number of rotatable bonds is 2. The molecule has 0 radical (unpaired) electrons. The average molecular weight is 342 g/mol. The fourth-order valence-electron chi connectivity index (χ4n) is 3.63. The van der Waals surface area contributed by atoms with E-state index in [1.54, 1.807) is 10.7 Å². The Bertz CT molecular complexity index is 961. The quantitative estimate of drug-likeness (QED) is 0.863. The van der Waals surface area contributed by atoms with Crippen molar-refractivity contribution >= 4 is 5.97 Å². The zero-order chi connectivity index (χ0) is 17.9. The number of phenols is 1. The predicted molar refractivity (Wildman–Crippen MR) is 91.0 cm³/mol. The normalized spacial score (nSPS) is 14.8. The molecule has 7 nitrogen and oxygen atoms in total. The van der Waals surface area contributed by atoms with E-state index < -0.39 is 11.4 Å². The number of pyridine rings is 1. The average Bonchev–Trinajstić information content (AvgIpc) is 3.03. The lowest BCUT2D eigenvalue weighted by Gasteiger charge is -2.38. The van der Waals surface area contributed by atoms with Crippen molar-refractivity contribution in [3.8, 4) is 22.8 Å². The largest absolute Gasteiger partial charge is 0.504 e. The van der Waals surface area contributed by atoms with Crippen LogP contribution in [0, 0.1) is 0 Å². The number of nitrogens with zero attached hydrogens (tertiary/aromatic N) is 2. The lowest BCUT2D eigenvalue weighted by Crippen LogP contribution is -2.44. The molecule has 0 bridgehead atoms. The molecule has 1 aromatic carbocycles. The molecule has 25 heavy (non-hydrogen) atoms. The minimum atomic E-state index is -1.24. The van der Waals surface area contributed by atoms with Crippen LogP contribution in [0.25, 0.3) is 11.3 Å². The highest BCUT2D eigenvalue weighted by Gasteiger charge is 2.31. The molecule has 0 fully saturated rings. The van der Waals surface area contributed by atoms with Gasteiger partial charge in [-0.3, -0.25) is 9.47 Å². The predicted octanol–water partition coefficient (Wildman–Crippen LogP) is 1.71. The molecule has 0 saturated carbocycles. The fourth-order valence-corrected chi connectivity index (χ4v) is 3.63. The van der Waals surface area contributed by atoms with Crippen LogP contribution < -0.4 is 15.2 Å². The van der Waals surface area contributed by atoms with Crippen molar-refractivity contribution in [3.63, 3.8) is 0 Å². The van der Waals surface area contributed by atoms with Crippen molar-refractivity contribution in [2.45, 2.75) is 32.9 Å². The lowest BCUT2D eigenvalue weighted by molar-refractivity contribution is 0.0694. The smallest absolute Gasteiger partial charge is 0.341 e. The van der Waals surface area contributed by atoms with E-state index in [4.69, 9.17) is 4.74 Å². The van der Waals surface area contributed by atoms with Crippen LogP contribution in [0.15, 0.2) is 23.1 Å². The highest BCUT2D eigenvalue weighted by atomic mass is 16.5. The second-order valence-electron chi connectivity index (χ2n) is 6.61. The van der Waals surface area contributed by atoms with Gasteiger partial charge in [-0.1, -0.05) is 0 Å². The van der Waals surface area contributed by atoms with Crippen LogP contribution >= 0.6 is 0 Å². The van der Waals surface area contributed by atoms with E-state index in [-0.39, 0.29) is 17.4 Å². The summed E-state index contributed by atoms with van der Waals surface area (Å²) in [6, 6.07) is 3.11. The summed E-state index contributed by atoms with van der Waals surface area (Å²) in [7, 11) is 0. The summed E-state index contributed by atoms with van der Waals surface area (Å²) in [5, 5.41) is 21.5. The minimum absolute atomic E-state index is 0.0719. The van der Waals surface area contributed by atoms with E-state index >= 15 is 0 Å². The number of fused-ring (bicyclic) bond motifs is 5. The molecule has 0 amide bonds. The SMILES string of the molecule is CC(C)N1Cc2cc(O)c3c(c2-c2cc(=O)c(C(=O)O)cn21)CCO3. The Balaban J connectivity index is 2.06. The van der Waals surface area contributed by atoms with E-state index in [1.165, 1.54) is 12.3 Å². The number of hydrogen-bond donors (Lipinski definition) is 2. The van der Waals surface area contributed by atoms with Crippen LogP contribution in [0.5, 0.6) is 11.5 Å². The summed E-state index contributed by atoms with van der Waals surface area (Å²) >= 11 is 0. The number of aromatic nitrogens is 1. The molecule has 130 valence electrons. The first-order valence-corrected chi connectivity index (χ1v) is 8.16. The Morgan fingerprint density at radius 2 is 2.08 bits per heavy atom. The van der Waals surface area contributed by atoms with Gasteiger partial charge in [0.2, 0.25) is 0 Å². The van der Waals surface area contributed by atoms with Crippen LogP contribution in [0.4, 0.5) is 0 Å². The van der Waals surface area contributed by atoms with E-state index in [1.807, 2.05) is 18.9 Å². The summed E-state index contributed by atoms with van der Waals surface area (Å²) in [6.45, 7) is 4.96. The molecule has 2 aliphatic rings. The number of benzene rings is 1. The van der Waals surface area contributed by atoms with Crippen molar-refractivity contribution in [1.29, 1.82) is 0 Å². The van der Waals surface area contributed by atoms with Gasteiger partial charge in [0.1, 0.15) is 5.56 Å². The first-order chi connectivity index (χ1) is 11.9. The Morgan fingerprint density at radius 3 is 2.76 bits per heavy atom. The monoisotopic (exact) mass is 342 g/mol. The van der Waals surface area contributed by atoms with Gasteiger partial charge in [-0.2, -0.15) is 0 Å². The third kappa shape index (κ3) is 2.19. The van der Waals surface area contributed by atoms with E-state index in [0.717, 1.165) is 16.7 Å². The molecule has 2 aromatic rings. The molecule has 3 heterocycles. The van der Waals surface area contributed by atoms with Crippen molar-refractivity contribution in [2.75, 3.05) is 11.6 Å². The first-order valence-electron chi connectivity index (χ1n) is 8.16. The Hall–Kier alpha value is -2.96. The number of phenolic OH excluding ortho intramolecular Hbond substituents is 1. The molecule has 0 unspecified atom stereocenters. The summed E-state index contributed by atoms with van der Waals surface area (Å²) in [6.07, 6.45) is 2.03. The van der Waals surface area contributed by atoms with Crippen LogP contribution in [0.3, 0.4) is 0 Å². The van der Waals surface area contributed by atoms with Crippen LogP contribution in [0.1, 0.15) is 35.3 Å². The van der Waals surface area contributed by atoms with Crippen LogP contribution in [0.2, 0.25) is 0 Å². The highest BCUT2D eigenvalue weighted by Crippen LogP contribution is 2.45. The number of ether oxygens (including phenoxy) is 1. The van der Waals surface area contributed by atoms with Crippen molar-refractivity contribution in [3.05, 3.63) is 45.2 Å². The van der Waals surface area contributed by atoms with E-state index in [9.17, 15) is 19.8 Å². The molecule has 0 spiro atoms. The van der Waals surface area contributed by atoms with Gasteiger partial charge in [0, 0.05) is 35.9 Å². The number of carboxylic acids is 1. The Morgan fingerprint density at radius 1 is 1.32 bits per heavy atom. The Labute approximate surface area is 143 Å². The van der Waals surface area contributed by atoms with Crippen LogP contribution in [-0.2, 0) is 13.0 Å². The molecular formula is C18H18N2O5. The van der Waals surface area contributed by atoms with Gasteiger partial charge in [-0.05, 0) is 25.5 Å². The molecule has 2 aliphatic heterocycles. The standard InChI is InChI=1S/C18H18N2O5/c1-9(2)19-7-10-5-15(22)17-11(3-4-25-17)16(10)13-6-14(21)12(18(23)24)8-20(13)19/h5-6,8-9,22H,3-4,7H2,1-2H3,(H,23,24). The fraction of sp³-hybridized carbons (Fsp3) is 0.333. The third-order valence-corrected chi connectivity index (χ3v) is 4.76. The number of aromatic carboxylic acids is 1. The van der Waals surface area contributed by atoms with Gasteiger partial charge < -0.3 is 20.0 Å². The van der Waals surface area contributed by atoms with Gasteiger partial charge in [0.15, 0.2) is 16.9 Å². The van der Waals surface area contributed by atoms with Crippen molar-refractivity contribution < 1.29 is 19.7 Å². The topological polar surface area (TPSA) is 92.0 Å². The second-order valence-corrected chi connectivity index (χ2v) is 6.61. The Kier molecular flexibility index (Phi) is 3.28. The molecule has 7 heteroatoms. The summed E-state index contributed by atoms with van der Waals surface area (Å²) in [4.78, 5) is 23.7. The lowest BCUT2D eigenvalue weighted by atomic mass is 9.93. The summed E-state index contributed by atoms with van der Waals surface area (Å²) in [5.74, 6) is -0.681. The zero-order valence-electron chi connectivity index (χ0n) is 13.9. The molecule has 0 atom stereocenters. The molecular weight excluding hydrogens is 324 g/mol. The van der Waals surface area contributed by atoms with Crippen molar-refractivity contribution in [1.82, 2.24) is 4.68 Å². The highest BCUT2D eigenvalue weighted by molar-refractivity contribution is 5.88. The minimum Gasteiger partial charge on any atom is -0.504 e. The second kappa shape index (κ2) is 5.27. The maximum Gasteiger partial charge on any atom is 0.341 e. The number of carboxylic acid groups (broad SMARTS) is 1. The maximum absolute atomic E-state index is 12.3. The zero-order valence-corrected chi connectivity index (χ0v) is 13.9. The molecule has 0 aliphatic carbocycles. The number of hydrogen-bond acceptors (Lipinski definition) is 5. The van der Waals surface area contributed by atoms with Gasteiger partial charge in [-0.25, -0.2) is 4.79 Å². The van der Waals surface area contributed by atoms with Crippen molar-refractivity contribution in [2.24, 2.45) is 0 Å². The van der Waals surface area contributed by atoms with Gasteiger partial charge in [-0.15, -0.1) is 0 Å². The number of carbonyl (C=O) groups is 1. The molecule has 4 rings (SSSR count). The number of aromatic hydroxyl groups is 1. The molecule has 2 N–H and O–H groups in total. The van der Waals surface area contributed by atoms with E-state index in [2.05, 4.69) is 0 Å². The first kappa shape index (κ1) is 15.6. The van der Waals surface area contributed by atoms with Gasteiger partial charge in [0.05, 0.1) is 18.8 Å². The van der Waals surface area contributed by atoms with Gasteiger partial charge >= 0.3 is 5.97 Å². The van der Waals surface area contributed by atoms with Gasteiger partial charge in [0.25, 0.3) is 0 Å². The third-order valence-electron chi connectivity index (χ3n) is 4.76. The van der Waals surface area contributed by atoms with Crippen LogP contribution in [-0.4, -0.2) is 33.5 Å². The van der Waals surface area contributed by atoms with E-state index in [0.29, 0.717) is 31.0 Å². The molecule has 0 saturated heterocycles. The molecule has 1 aromatic heterocycles.